The van der Waals surface area contributed by atoms with Crippen LogP contribution in [-0.2, 0) is 10.0 Å². The van der Waals surface area contributed by atoms with Crippen molar-refractivity contribution in [3.05, 3.63) is 30.6 Å². The summed E-state index contributed by atoms with van der Waals surface area (Å²) < 4.78 is 23.1. The summed E-state index contributed by atoms with van der Waals surface area (Å²) in [5.41, 5.74) is 0. The second kappa shape index (κ2) is 3.72. The van der Waals surface area contributed by atoms with Crippen molar-refractivity contribution >= 4 is 16.1 Å². The predicted molar refractivity (Wildman–Crippen MR) is 48.3 cm³/mol. The van der Waals surface area contributed by atoms with Gasteiger partial charge in [-0.1, -0.05) is 6.07 Å². The molecule has 1 rings (SSSR count). The second-order valence-corrected chi connectivity index (χ2v) is 4.48. The number of sulfonamides is 1. The lowest BCUT2D eigenvalue weighted by Crippen LogP contribution is -2.56. The van der Waals surface area contributed by atoms with E-state index in [0.717, 1.165) is 10.8 Å². The highest BCUT2D eigenvalue weighted by Gasteiger charge is 2.30. The SMILES string of the molecule is CS(=O)(=O)N(N)C(=O)[n+]1ccccc1. The molecule has 1 amide bonds. The highest BCUT2D eigenvalue weighted by atomic mass is 32.2. The Kier molecular flexibility index (Phi) is 2.82. The van der Waals surface area contributed by atoms with Gasteiger partial charge in [0.15, 0.2) is 0 Å². The van der Waals surface area contributed by atoms with Crippen molar-refractivity contribution in [2.24, 2.45) is 5.84 Å². The molecule has 0 aliphatic rings. The first-order valence-corrected chi connectivity index (χ1v) is 5.53. The van der Waals surface area contributed by atoms with Crippen LogP contribution in [0.1, 0.15) is 0 Å². The van der Waals surface area contributed by atoms with E-state index in [1.165, 1.54) is 12.4 Å². The average Bonchev–Trinajstić information content (AvgIpc) is 2.15. The number of nitrogens with two attached hydrogens (primary N) is 1. The van der Waals surface area contributed by atoms with Gasteiger partial charge in [-0.25, -0.2) is 0 Å². The summed E-state index contributed by atoms with van der Waals surface area (Å²) >= 11 is 0. The van der Waals surface area contributed by atoms with Gasteiger partial charge in [-0.05, 0) is 16.5 Å². The zero-order chi connectivity index (χ0) is 10.8. The van der Waals surface area contributed by atoms with E-state index in [4.69, 9.17) is 5.84 Å². The standard InChI is InChI=1S/C7H10N3O3S/c1-14(12,13)10(8)7(11)9-5-3-2-4-6-9/h2-6H,8H2,1H3/q+1. The van der Waals surface area contributed by atoms with Crippen molar-refractivity contribution < 1.29 is 17.8 Å². The van der Waals surface area contributed by atoms with Crippen molar-refractivity contribution in [1.29, 1.82) is 0 Å². The Labute approximate surface area is 81.6 Å². The molecule has 0 fully saturated rings. The molecule has 1 aromatic heterocycles. The summed E-state index contributed by atoms with van der Waals surface area (Å²) in [6, 6.07) is 4.06. The number of nitrogens with zero attached hydrogens (tertiary/aromatic N) is 2. The molecular weight excluding hydrogens is 206 g/mol. The molecule has 0 saturated carbocycles. The lowest BCUT2D eigenvalue weighted by atomic mass is 10.5. The highest BCUT2D eigenvalue weighted by molar-refractivity contribution is 7.88. The van der Waals surface area contributed by atoms with Crippen LogP contribution < -0.4 is 10.4 Å². The summed E-state index contributed by atoms with van der Waals surface area (Å²) in [4.78, 5) is 11.4. The van der Waals surface area contributed by atoms with Crippen LogP contribution in [0.2, 0.25) is 0 Å². The van der Waals surface area contributed by atoms with Gasteiger partial charge in [-0.15, -0.1) is 0 Å². The minimum Gasteiger partial charge on any atom is -0.194 e. The van der Waals surface area contributed by atoms with E-state index in [-0.39, 0.29) is 4.41 Å². The summed E-state index contributed by atoms with van der Waals surface area (Å²) in [6.07, 6.45) is 3.68. The first-order chi connectivity index (χ1) is 6.43. The number of amides is 1. The van der Waals surface area contributed by atoms with E-state index in [9.17, 15) is 13.2 Å². The number of carbonyl (C=O) groups excluding carboxylic acids is 1. The fraction of sp³-hybridized carbons (Fsp3) is 0.143. The number of hydrogen-bond acceptors (Lipinski definition) is 4. The van der Waals surface area contributed by atoms with Crippen LogP contribution in [0.4, 0.5) is 4.79 Å². The summed E-state index contributed by atoms with van der Waals surface area (Å²) in [7, 11) is -3.71. The van der Waals surface area contributed by atoms with Crippen molar-refractivity contribution in [3.8, 4) is 0 Å². The van der Waals surface area contributed by atoms with Crippen LogP contribution in [-0.4, -0.2) is 25.1 Å². The Morgan fingerprint density at radius 2 is 1.79 bits per heavy atom. The van der Waals surface area contributed by atoms with Crippen molar-refractivity contribution in [1.82, 2.24) is 4.41 Å². The quantitative estimate of drug-likeness (QED) is 0.285. The molecule has 76 valence electrons. The fourth-order valence-electron chi connectivity index (χ4n) is 0.782. The van der Waals surface area contributed by atoms with Gasteiger partial charge < -0.3 is 0 Å². The number of hydrazine groups is 1. The molecule has 6 nitrogen and oxygen atoms in total. The molecular formula is C7H10N3O3S+. The zero-order valence-corrected chi connectivity index (χ0v) is 8.31. The molecule has 0 aliphatic carbocycles. The van der Waals surface area contributed by atoms with Crippen LogP contribution in [0.3, 0.4) is 0 Å². The molecule has 2 N–H and O–H groups in total. The summed E-state index contributed by atoms with van der Waals surface area (Å²) in [6.45, 7) is 0. The molecule has 0 bridgehead atoms. The van der Waals surface area contributed by atoms with Crippen molar-refractivity contribution in [3.63, 3.8) is 0 Å². The molecule has 1 aromatic rings. The first-order valence-electron chi connectivity index (χ1n) is 3.68. The summed E-state index contributed by atoms with van der Waals surface area (Å²) in [5, 5.41) is 0. The maximum Gasteiger partial charge on any atom is 0.532 e. The van der Waals surface area contributed by atoms with Gasteiger partial charge in [0.25, 0.3) is 0 Å². The third-order valence-electron chi connectivity index (χ3n) is 1.48. The largest absolute Gasteiger partial charge is 0.532 e. The first kappa shape index (κ1) is 10.6. The van der Waals surface area contributed by atoms with Gasteiger partial charge in [0, 0.05) is 0 Å². The van der Waals surface area contributed by atoms with Crippen LogP contribution in [0.25, 0.3) is 0 Å². The number of carbonyl (C=O) groups is 1. The van der Waals surface area contributed by atoms with E-state index >= 15 is 0 Å². The lowest BCUT2D eigenvalue weighted by molar-refractivity contribution is -0.576. The Hall–Kier alpha value is -1.47. The Balaban J connectivity index is 2.99. The molecule has 0 atom stereocenters. The molecule has 0 aliphatic heterocycles. The Bertz CT molecular complexity index is 429. The smallest absolute Gasteiger partial charge is 0.194 e. The monoisotopic (exact) mass is 216 g/mol. The molecule has 0 radical (unpaired) electrons. The number of pyridine rings is 1. The third kappa shape index (κ3) is 2.27. The lowest BCUT2D eigenvalue weighted by Gasteiger charge is -2.04. The molecule has 7 heteroatoms. The predicted octanol–water partition coefficient (Wildman–Crippen LogP) is -0.922. The topological polar surface area (TPSA) is 84.3 Å². The molecule has 1 heterocycles. The van der Waals surface area contributed by atoms with Gasteiger partial charge in [0.1, 0.15) is 0 Å². The van der Waals surface area contributed by atoms with Gasteiger partial charge in [0.2, 0.25) is 0 Å². The Morgan fingerprint density at radius 3 is 2.21 bits per heavy atom. The number of aromatic nitrogens is 1. The minimum absolute atomic E-state index is 0.188. The molecule has 14 heavy (non-hydrogen) atoms. The number of hydrogen-bond donors (Lipinski definition) is 1. The van der Waals surface area contributed by atoms with E-state index in [1.54, 1.807) is 18.2 Å². The third-order valence-corrected chi connectivity index (χ3v) is 2.35. The van der Waals surface area contributed by atoms with E-state index in [2.05, 4.69) is 0 Å². The van der Waals surface area contributed by atoms with E-state index in [0.29, 0.717) is 0 Å². The van der Waals surface area contributed by atoms with Gasteiger partial charge in [-0.2, -0.15) is 23.6 Å². The van der Waals surface area contributed by atoms with Crippen molar-refractivity contribution in [2.45, 2.75) is 0 Å². The minimum atomic E-state index is -3.71. The molecule has 0 saturated heterocycles. The van der Waals surface area contributed by atoms with Gasteiger partial charge >= 0.3 is 16.1 Å². The maximum atomic E-state index is 11.4. The molecule has 0 spiro atoms. The summed E-state index contributed by atoms with van der Waals surface area (Å²) in [5.74, 6) is 5.10. The number of rotatable bonds is 1. The molecule has 0 unspecified atom stereocenters. The Morgan fingerprint density at radius 1 is 1.29 bits per heavy atom. The van der Waals surface area contributed by atoms with Crippen molar-refractivity contribution in [2.75, 3.05) is 6.26 Å². The second-order valence-electron chi connectivity index (χ2n) is 2.62. The fourth-order valence-corrected chi connectivity index (χ4v) is 1.16. The van der Waals surface area contributed by atoms with Gasteiger partial charge in [0.05, 0.1) is 18.6 Å². The van der Waals surface area contributed by atoms with Crippen LogP contribution in [0.5, 0.6) is 0 Å². The van der Waals surface area contributed by atoms with E-state index < -0.39 is 16.1 Å². The van der Waals surface area contributed by atoms with Crippen LogP contribution >= 0.6 is 0 Å². The highest BCUT2D eigenvalue weighted by Crippen LogP contribution is 1.89. The molecule has 0 aromatic carbocycles. The van der Waals surface area contributed by atoms with Gasteiger partial charge in [-0.3, -0.25) is 0 Å². The maximum absolute atomic E-state index is 11.4. The van der Waals surface area contributed by atoms with E-state index in [1.807, 2.05) is 0 Å². The normalized spacial score (nSPS) is 11.0. The average molecular weight is 216 g/mol. The van der Waals surface area contributed by atoms with Crippen LogP contribution in [0.15, 0.2) is 30.6 Å². The van der Waals surface area contributed by atoms with Crippen LogP contribution in [0, 0.1) is 0 Å². The zero-order valence-electron chi connectivity index (χ0n) is 7.49.